The number of sulfonamides is 1. The molecule has 31 heavy (non-hydrogen) atoms. The van der Waals surface area contributed by atoms with Gasteiger partial charge < -0.3 is 9.47 Å². The van der Waals surface area contributed by atoms with Gasteiger partial charge in [0.2, 0.25) is 10.0 Å². The number of rotatable bonds is 10. The molecule has 1 aliphatic heterocycles. The van der Waals surface area contributed by atoms with Gasteiger partial charge in [-0.15, -0.1) is 0 Å². The summed E-state index contributed by atoms with van der Waals surface area (Å²) in [7, 11) is -3.95. The highest BCUT2D eigenvalue weighted by molar-refractivity contribution is 7.89. The van der Waals surface area contributed by atoms with Crippen molar-refractivity contribution in [2.24, 2.45) is 5.11 Å². The van der Waals surface area contributed by atoms with Gasteiger partial charge in [-0.3, -0.25) is 4.79 Å². The molecule has 0 saturated carbocycles. The van der Waals surface area contributed by atoms with Crippen molar-refractivity contribution in [3.05, 3.63) is 52.6 Å². The van der Waals surface area contributed by atoms with Crippen molar-refractivity contribution in [2.45, 2.75) is 82.1 Å². The summed E-state index contributed by atoms with van der Waals surface area (Å²) in [5.41, 5.74) is 9.03. The van der Waals surface area contributed by atoms with Crippen LogP contribution in [0.3, 0.4) is 0 Å². The number of esters is 1. The largest absolute Gasteiger partial charge is 0.498 e. The minimum Gasteiger partial charge on any atom is -0.498 e. The van der Waals surface area contributed by atoms with Gasteiger partial charge in [0.25, 0.3) is 0 Å². The third kappa shape index (κ3) is 8.24. The van der Waals surface area contributed by atoms with Crippen molar-refractivity contribution >= 4 is 16.0 Å². The summed E-state index contributed by atoms with van der Waals surface area (Å²) in [5.74, 6) is -0.679. The molecule has 1 N–H and O–H groups in total. The second-order valence-electron chi connectivity index (χ2n) is 8.56. The fraction of sp³-hybridized carbons (Fsp3) is 0.571. The average Bonchev–Trinajstić information content (AvgIpc) is 3.17. The third-order valence-electron chi connectivity index (χ3n) is 4.62. The van der Waals surface area contributed by atoms with Crippen LogP contribution in [0.25, 0.3) is 10.4 Å². The van der Waals surface area contributed by atoms with E-state index in [2.05, 4.69) is 14.7 Å². The topological polar surface area (TPSA) is 130 Å². The fourth-order valence-corrected chi connectivity index (χ4v) is 4.33. The molecule has 1 aromatic rings. The molecular formula is C21H30N4O5S. The smallest absolute Gasteiger partial charge is 0.324 e. The van der Waals surface area contributed by atoms with Crippen LogP contribution >= 0.6 is 0 Å². The maximum absolute atomic E-state index is 12.8. The molecule has 10 heteroatoms. The van der Waals surface area contributed by atoms with Crippen LogP contribution in [0.4, 0.5) is 0 Å². The maximum atomic E-state index is 12.8. The first-order valence-corrected chi connectivity index (χ1v) is 11.6. The van der Waals surface area contributed by atoms with E-state index in [-0.39, 0.29) is 17.4 Å². The van der Waals surface area contributed by atoms with Crippen LogP contribution in [-0.2, 0) is 24.3 Å². The van der Waals surface area contributed by atoms with Crippen LogP contribution in [0.5, 0.6) is 0 Å². The number of nitrogens with one attached hydrogen (secondary N) is 1. The minimum atomic E-state index is -3.95. The Labute approximate surface area is 183 Å². The number of aryl methyl sites for hydroxylation is 1. The lowest BCUT2D eigenvalue weighted by Gasteiger charge is -2.25. The summed E-state index contributed by atoms with van der Waals surface area (Å²) in [6, 6.07) is 4.77. The summed E-state index contributed by atoms with van der Waals surface area (Å²) < 4.78 is 39.0. The van der Waals surface area contributed by atoms with E-state index >= 15 is 0 Å². The van der Waals surface area contributed by atoms with E-state index in [0.717, 1.165) is 5.56 Å². The number of hydrogen-bond acceptors (Lipinski definition) is 6. The van der Waals surface area contributed by atoms with E-state index in [9.17, 15) is 13.2 Å². The molecule has 170 valence electrons. The SMILES string of the molecule is Cc1ccc(S(=O)(=O)N[C@@H](CC[C@@H](C[C@H]2CC=CO2)N=[N+]=[N-])C(=O)OC(C)(C)C)cc1. The van der Waals surface area contributed by atoms with Gasteiger partial charge in [0, 0.05) is 17.4 Å². The van der Waals surface area contributed by atoms with Crippen LogP contribution in [0.15, 0.2) is 46.6 Å². The van der Waals surface area contributed by atoms with Crippen molar-refractivity contribution in [3.8, 4) is 0 Å². The van der Waals surface area contributed by atoms with Crippen LogP contribution < -0.4 is 4.72 Å². The zero-order valence-electron chi connectivity index (χ0n) is 18.3. The van der Waals surface area contributed by atoms with Gasteiger partial charge in [-0.05, 0) is 70.7 Å². The average molecular weight is 451 g/mol. The monoisotopic (exact) mass is 450 g/mol. The van der Waals surface area contributed by atoms with Crippen LogP contribution in [-0.4, -0.2) is 38.2 Å². The highest BCUT2D eigenvalue weighted by Gasteiger charge is 2.31. The predicted octanol–water partition coefficient (Wildman–Crippen LogP) is 4.14. The van der Waals surface area contributed by atoms with Crippen molar-refractivity contribution in [1.82, 2.24) is 4.72 Å². The minimum absolute atomic E-state index is 0.0590. The molecule has 0 bridgehead atoms. The molecule has 0 amide bonds. The Hall–Kier alpha value is -2.55. The Morgan fingerprint density at radius 3 is 2.55 bits per heavy atom. The van der Waals surface area contributed by atoms with Crippen LogP contribution in [0.2, 0.25) is 0 Å². The zero-order chi connectivity index (χ0) is 23.1. The number of carbonyl (C=O) groups is 1. The van der Waals surface area contributed by atoms with Crippen molar-refractivity contribution in [2.75, 3.05) is 0 Å². The molecule has 0 aromatic heterocycles. The normalized spacial score (nSPS) is 18.0. The van der Waals surface area contributed by atoms with Gasteiger partial charge in [-0.1, -0.05) is 22.8 Å². The standard InChI is InChI=1S/C21H30N4O5S/c1-15-7-10-18(11-8-15)31(27,28)24-19(20(26)30-21(2,3)4)12-9-16(23-25-22)14-17-6-5-13-29-17/h5,7-8,10-11,13,16-17,19,24H,6,9,12,14H2,1-4H3/t16-,17+,19-/m0/s1. The maximum Gasteiger partial charge on any atom is 0.324 e. The molecule has 0 aliphatic carbocycles. The van der Waals surface area contributed by atoms with Gasteiger partial charge in [0.1, 0.15) is 17.7 Å². The van der Waals surface area contributed by atoms with Crippen molar-refractivity contribution < 1.29 is 22.7 Å². The lowest BCUT2D eigenvalue weighted by atomic mass is 10.0. The van der Waals surface area contributed by atoms with Gasteiger partial charge in [-0.25, -0.2) is 8.42 Å². The summed E-state index contributed by atoms with van der Waals surface area (Å²) in [5, 5.41) is 3.80. The molecule has 2 rings (SSSR count). The molecule has 3 atom stereocenters. The van der Waals surface area contributed by atoms with E-state index in [1.165, 1.54) is 12.1 Å². The molecule has 1 heterocycles. The van der Waals surface area contributed by atoms with E-state index in [1.54, 1.807) is 39.2 Å². The van der Waals surface area contributed by atoms with Gasteiger partial charge in [0.15, 0.2) is 0 Å². The Balaban J connectivity index is 2.15. The number of benzene rings is 1. The second kappa shape index (κ2) is 10.7. The molecular weight excluding hydrogens is 420 g/mol. The highest BCUT2D eigenvalue weighted by Crippen LogP contribution is 2.21. The molecule has 9 nitrogen and oxygen atoms in total. The molecule has 1 aromatic carbocycles. The summed E-state index contributed by atoms with van der Waals surface area (Å²) in [6.45, 7) is 6.99. The molecule has 0 spiro atoms. The van der Waals surface area contributed by atoms with Gasteiger partial charge in [0.05, 0.1) is 11.2 Å². The first-order valence-electron chi connectivity index (χ1n) is 10.2. The Morgan fingerprint density at radius 2 is 2.00 bits per heavy atom. The molecule has 0 fully saturated rings. The van der Waals surface area contributed by atoms with E-state index in [0.29, 0.717) is 19.3 Å². The highest BCUT2D eigenvalue weighted by atomic mass is 32.2. The molecule has 1 aliphatic rings. The van der Waals surface area contributed by atoms with E-state index < -0.39 is 33.7 Å². The number of carbonyl (C=O) groups excluding carboxylic acids is 1. The van der Waals surface area contributed by atoms with Crippen LogP contribution in [0, 0.1) is 6.92 Å². The zero-order valence-corrected chi connectivity index (χ0v) is 19.1. The lowest BCUT2D eigenvalue weighted by Crippen LogP contribution is -2.44. The molecule has 0 unspecified atom stereocenters. The Kier molecular flexibility index (Phi) is 8.50. The molecule has 0 radical (unpaired) electrons. The first-order chi connectivity index (χ1) is 14.5. The third-order valence-corrected chi connectivity index (χ3v) is 6.11. The van der Waals surface area contributed by atoms with E-state index in [4.69, 9.17) is 15.0 Å². The quantitative estimate of drug-likeness (QED) is 0.248. The number of hydrogen-bond donors (Lipinski definition) is 1. The van der Waals surface area contributed by atoms with Gasteiger partial charge in [-0.2, -0.15) is 4.72 Å². The summed E-state index contributed by atoms with van der Waals surface area (Å²) in [4.78, 5) is 15.7. The van der Waals surface area contributed by atoms with Gasteiger partial charge >= 0.3 is 5.97 Å². The number of azide groups is 1. The first kappa shape index (κ1) is 24.7. The molecule has 0 saturated heterocycles. The number of nitrogens with zero attached hydrogens (tertiary/aromatic N) is 3. The van der Waals surface area contributed by atoms with Crippen molar-refractivity contribution in [1.29, 1.82) is 0 Å². The van der Waals surface area contributed by atoms with Crippen LogP contribution in [0.1, 0.15) is 52.0 Å². The van der Waals surface area contributed by atoms with E-state index in [1.807, 2.05) is 13.0 Å². The lowest BCUT2D eigenvalue weighted by molar-refractivity contribution is -0.157. The Morgan fingerprint density at radius 1 is 1.32 bits per heavy atom. The fourth-order valence-electron chi connectivity index (χ4n) is 3.11. The second-order valence-corrected chi connectivity index (χ2v) is 10.3. The van der Waals surface area contributed by atoms with Crippen molar-refractivity contribution in [3.63, 3.8) is 0 Å². The number of ether oxygens (including phenoxy) is 2. The summed E-state index contributed by atoms with van der Waals surface area (Å²) in [6.07, 6.45) is 5.00. The predicted molar refractivity (Wildman–Crippen MR) is 117 cm³/mol. The summed E-state index contributed by atoms with van der Waals surface area (Å²) >= 11 is 0. The Bertz CT molecular complexity index is 924.